The second kappa shape index (κ2) is 5.37. The molecule has 4 bridgehead atoms. The van der Waals surface area contributed by atoms with Gasteiger partial charge in [0.25, 0.3) is 5.69 Å². The Hall–Kier alpha value is -1.29. The summed E-state index contributed by atoms with van der Waals surface area (Å²) in [6, 6.07) is 5.17. The number of nitrogens with zero attached hydrogens (tertiary/aromatic N) is 1. The molecule has 0 heterocycles. The van der Waals surface area contributed by atoms with Crippen molar-refractivity contribution in [2.75, 3.05) is 5.32 Å². The first-order valence-electron chi connectivity index (χ1n) is 8.66. The van der Waals surface area contributed by atoms with Crippen LogP contribution < -0.4 is 5.32 Å². The van der Waals surface area contributed by atoms with Crippen molar-refractivity contribution in [2.45, 2.75) is 51.5 Å². The second-order valence-electron chi connectivity index (χ2n) is 8.06. The van der Waals surface area contributed by atoms with Crippen LogP contribution in [-0.4, -0.2) is 11.0 Å². The Morgan fingerprint density at radius 3 is 2.30 bits per heavy atom. The predicted octanol–water partition coefficient (Wildman–Crippen LogP) is 5.27. The molecule has 124 valence electrons. The molecule has 23 heavy (non-hydrogen) atoms. The van der Waals surface area contributed by atoms with Crippen LogP contribution in [0.15, 0.2) is 18.2 Å². The first-order chi connectivity index (χ1) is 10.9. The molecular formula is C18H23ClN2O2. The zero-order valence-electron chi connectivity index (χ0n) is 13.4. The molecule has 0 saturated heterocycles. The molecule has 4 nitrogen and oxygen atoms in total. The lowest BCUT2D eigenvalue weighted by Crippen LogP contribution is -2.52. The molecule has 4 aliphatic carbocycles. The van der Waals surface area contributed by atoms with Crippen molar-refractivity contribution in [3.63, 3.8) is 0 Å². The fourth-order valence-corrected chi connectivity index (χ4v) is 6.04. The maximum absolute atomic E-state index is 11.3. The van der Waals surface area contributed by atoms with E-state index in [1.807, 2.05) is 0 Å². The number of nitrogens with one attached hydrogen (secondary N) is 1. The van der Waals surface area contributed by atoms with Crippen molar-refractivity contribution < 1.29 is 4.92 Å². The molecule has 4 aliphatic rings. The van der Waals surface area contributed by atoms with Crippen LogP contribution in [0, 0.1) is 33.3 Å². The fraction of sp³-hybridized carbons (Fsp3) is 0.667. The van der Waals surface area contributed by atoms with E-state index in [2.05, 4.69) is 12.2 Å². The lowest BCUT2D eigenvalue weighted by Gasteiger charge is -2.59. The SMILES string of the molecule is C[C@H](Nc1ccc(Cl)cc1[N+](=O)[O-])C12CC3CC(CC(C3)C1)C2. The summed E-state index contributed by atoms with van der Waals surface area (Å²) in [4.78, 5) is 11.0. The Bertz CT molecular complexity index is 611. The molecule has 5 heteroatoms. The van der Waals surface area contributed by atoms with Gasteiger partial charge >= 0.3 is 0 Å². The molecule has 1 aromatic rings. The van der Waals surface area contributed by atoms with E-state index in [0.29, 0.717) is 16.1 Å². The third-order valence-corrected chi connectivity index (χ3v) is 6.77. The molecule has 0 radical (unpaired) electrons. The molecule has 0 spiro atoms. The molecule has 0 amide bonds. The van der Waals surface area contributed by atoms with Gasteiger partial charge in [-0.1, -0.05) is 11.6 Å². The van der Waals surface area contributed by atoms with Crippen LogP contribution in [0.1, 0.15) is 45.4 Å². The summed E-state index contributed by atoms with van der Waals surface area (Å²) >= 11 is 5.92. The summed E-state index contributed by atoms with van der Waals surface area (Å²) < 4.78 is 0. The normalized spacial score (nSPS) is 36.0. The molecule has 1 aromatic carbocycles. The van der Waals surface area contributed by atoms with Crippen molar-refractivity contribution in [1.29, 1.82) is 0 Å². The van der Waals surface area contributed by atoms with Crippen LogP contribution >= 0.6 is 11.6 Å². The van der Waals surface area contributed by atoms with Crippen molar-refractivity contribution in [2.24, 2.45) is 23.2 Å². The van der Waals surface area contributed by atoms with E-state index in [1.54, 1.807) is 12.1 Å². The number of anilines is 1. The monoisotopic (exact) mass is 334 g/mol. The van der Waals surface area contributed by atoms with Gasteiger partial charge in [0.05, 0.1) is 4.92 Å². The van der Waals surface area contributed by atoms with Gasteiger partial charge in [0.1, 0.15) is 5.69 Å². The first-order valence-corrected chi connectivity index (χ1v) is 9.03. The maximum atomic E-state index is 11.3. The molecule has 5 rings (SSSR count). The van der Waals surface area contributed by atoms with E-state index in [-0.39, 0.29) is 16.7 Å². The van der Waals surface area contributed by atoms with Gasteiger partial charge in [-0.15, -0.1) is 0 Å². The largest absolute Gasteiger partial charge is 0.376 e. The number of rotatable bonds is 4. The summed E-state index contributed by atoms with van der Waals surface area (Å²) in [5.41, 5.74) is 0.999. The summed E-state index contributed by atoms with van der Waals surface area (Å²) in [5, 5.41) is 15.2. The van der Waals surface area contributed by atoms with Gasteiger partial charge < -0.3 is 5.32 Å². The number of benzene rings is 1. The van der Waals surface area contributed by atoms with E-state index < -0.39 is 0 Å². The smallest absolute Gasteiger partial charge is 0.293 e. The van der Waals surface area contributed by atoms with E-state index in [0.717, 1.165) is 17.8 Å². The van der Waals surface area contributed by atoms with Crippen LogP contribution in [0.25, 0.3) is 0 Å². The van der Waals surface area contributed by atoms with Crippen molar-refractivity contribution in [1.82, 2.24) is 0 Å². The average molecular weight is 335 g/mol. The van der Waals surface area contributed by atoms with Crippen molar-refractivity contribution in [3.05, 3.63) is 33.3 Å². The number of nitro benzene ring substituents is 1. The number of hydrogen-bond donors (Lipinski definition) is 1. The topological polar surface area (TPSA) is 55.2 Å². The van der Waals surface area contributed by atoms with E-state index in [4.69, 9.17) is 11.6 Å². The average Bonchev–Trinajstić information content (AvgIpc) is 2.47. The minimum atomic E-state index is -0.347. The van der Waals surface area contributed by atoms with Crippen LogP contribution in [-0.2, 0) is 0 Å². The van der Waals surface area contributed by atoms with Gasteiger partial charge in [-0.3, -0.25) is 10.1 Å². The Labute approximate surface area is 141 Å². The number of halogens is 1. The lowest BCUT2D eigenvalue weighted by molar-refractivity contribution is -0.384. The minimum absolute atomic E-state index is 0.0779. The highest BCUT2D eigenvalue weighted by molar-refractivity contribution is 6.30. The molecule has 0 unspecified atom stereocenters. The van der Waals surface area contributed by atoms with E-state index >= 15 is 0 Å². The Kier molecular flexibility index (Phi) is 3.56. The van der Waals surface area contributed by atoms with Crippen LogP contribution in [0.5, 0.6) is 0 Å². The summed E-state index contributed by atoms with van der Waals surface area (Å²) in [6.07, 6.45) is 8.09. The fourth-order valence-electron chi connectivity index (χ4n) is 5.87. The standard InChI is InChI=1S/C18H23ClN2O2/c1-11(20-16-3-2-15(19)7-17(16)21(22)23)18-8-12-4-13(9-18)6-14(5-12)10-18/h2-3,7,11-14,20H,4-6,8-10H2,1H3/t11-,12?,13?,14?,18?/m0/s1. The third-order valence-electron chi connectivity index (χ3n) is 6.53. The van der Waals surface area contributed by atoms with Gasteiger partial charge in [-0.2, -0.15) is 0 Å². The zero-order valence-corrected chi connectivity index (χ0v) is 14.2. The van der Waals surface area contributed by atoms with Gasteiger partial charge in [0, 0.05) is 17.1 Å². The summed E-state index contributed by atoms with van der Waals surface area (Å²) in [5.74, 6) is 2.64. The van der Waals surface area contributed by atoms with Crippen molar-refractivity contribution >= 4 is 23.0 Å². The highest BCUT2D eigenvalue weighted by atomic mass is 35.5. The van der Waals surface area contributed by atoms with Gasteiger partial charge in [0.15, 0.2) is 0 Å². The number of hydrogen-bond acceptors (Lipinski definition) is 3. The molecule has 4 saturated carbocycles. The summed E-state index contributed by atoms with van der Waals surface area (Å²) in [7, 11) is 0. The molecule has 0 aliphatic heterocycles. The lowest BCUT2D eigenvalue weighted by atomic mass is 9.48. The molecule has 1 N–H and O–H groups in total. The minimum Gasteiger partial charge on any atom is -0.376 e. The molecule has 1 atom stereocenters. The third kappa shape index (κ3) is 2.61. The highest BCUT2D eigenvalue weighted by Crippen LogP contribution is 2.61. The first kappa shape index (κ1) is 15.3. The van der Waals surface area contributed by atoms with Crippen LogP contribution in [0.2, 0.25) is 5.02 Å². The zero-order chi connectivity index (χ0) is 16.2. The Balaban J connectivity index is 1.59. The van der Waals surface area contributed by atoms with Crippen LogP contribution in [0.3, 0.4) is 0 Å². The molecular weight excluding hydrogens is 312 g/mol. The Morgan fingerprint density at radius 2 is 1.78 bits per heavy atom. The van der Waals surface area contributed by atoms with Crippen molar-refractivity contribution in [3.8, 4) is 0 Å². The van der Waals surface area contributed by atoms with Crippen LogP contribution in [0.4, 0.5) is 11.4 Å². The quantitative estimate of drug-likeness (QED) is 0.603. The summed E-state index contributed by atoms with van der Waals surface area (Å²) in [6.45, 7) is 2.21. The predicted molar refractivity (Wildman–Crippen MR) is 91.8 cm³/mol. The van der Waals surface area contributed by atoms with E-state index in [9.17, 15) is 10.1 Å². The maximum Gasteiger partial charge on any atom is 0.293 e. The van der Waals surface area contributed by atoms with E-state index in [1.165, 1.54) is 44.6 Å². The molecule has 4 fully saturated rings. The van der Waals surface area contributed by atoms with Gasteiger partial charge in [-0.25, -0.2) is 0 Å². The highest BCUT2D eigenvalue weighted by Gasteiger charge is 2.53. The molecule has 0 aromatic heterocycles. The Morgan fingerprint density at radius 1 is 1.22 bits per heavy atom. The van der Waals surface area contributed by atoms with Gasteiger partial charge in [-0.05, 0) is 80.8 Å². The van der Waals surface area contributed by atoms with Gasteiger partial charge in [0.2, 0.25) is 0 Å². The number of nitro groups is 1. The second-order valence-corrected chi connectivity index (χ2v) is 8.50.